The summed E-state index contributed by atoms with van der Waals surface area (Å²) in [6, 6.07) is 13.0. The minimum absolute atomic E-state index is 0.0425. The molecule has 34 heavy (non-hydrogen) atoms. The van der Waals surface area contributed by atoms with Gasteiger partial charge in [-0.3, -0.25) is 4.79 Å². The van der Waals surface area contributed by atoms with Crippen molar-refractivity contribution in [1.29, 1.82) is 0 Å². The number of nitrogens with zero attached hydrogens (tertiary/aromatic N) is 1. The van der Waals surface area contributed by atoms with Crippen molar-refractivity contribution in [1.82, 2.24) is 10.3 Å². The number of benzene rings is 2. The normalized spacial score (nSPS) is 20.1. The molecule has 3 N–H and O–H groups in total. The summed E-state index contributed by atoms with van der Waals surface area (Å²) in [5, 5.41) is 15.8. The molecule has 1 heterocycles. The summed E-state index contributed by atoms with van der Waals surface area (Å²) in [5.41, 5.74) is 0.925. The maximum atomic E-state index is 13.6. The number of allylic oxidation sites excluding steroid dienone is 2. The van der Waals surface area contributed by atoms with Gasteiger partial charge in [-0.15, -0.1) is 6.58 Å². The van der Waals surface area contributed by atoms with Gasteiger partial charge in [0.05, 0.1) is 10.2 Å². The van der Waals surface area contributed by atoms with Gasteiger partial charge in [0.25, 0.3) is 5.91 Å². The van der Waals surface area contributed by atoms with Gasteiger partial charge in [0.1, 0.15) is 11.9 Å². The number of nitrogens with one attached hydrogen (secondary N) is 2. The van der Waals surface area contributed by atoms with Crippen LogP contribution >= 0.6 is 11.3 Å². The number of anilines is 1. The van der Waals surface area contributed by atoms with Gasteiger partial charge in [-0.25, -0.2) is 14.2 Å². The molecule has 1 aromatic heterocycles. The predicted octanol–water partition coefficient (Wildman–Crippen LogP) is 5.03. The molecule has 1 atom stereocenters. The molecule has 1 aliphatic carbocycles. The fourth-order valence-corrected chi connectivity index (χ4v) is 4.74. The number of fused-ring (bicyclic) bond motifs is 1. The molecule has 6 nitrogen and oxygen atoms in total. The Bertz CT molecular complexity index is 1290. The fourth-order valence-electron chi connectivity index (χ4n) is 3.77. The molecular formula is C26H24FN3O3S. The summed E-state index contributed by atoms with van der Waals surface area (Å²) in [6.45, 7) is 5.47. The van der Waals surface area contributed by atoms with E-state index in [1.54, 1.807) is 25.1 Å². The molecule has 1 aliphatic rings. The molecule has 0 spiro atoms. The minimum atomic E-state index is -1.37. The summed E-state index contributed by atoms with van der Waals surface area (Å²) in [6.07, 6.45) is 7.32. The number of halogens is 1. The lowest BCUT2D eigenvalue weighted by Crippen LogP contribution is -2.55. The van der Waals surface area contributed by atoms with Crippen LogP contribution in [0, 0.1) is 5.82 Å². The van der Waals surface area contributed by atoms with Crippen LogP contribution in [0.15, 0.2) is 85.0 Å². The smallest absolute Gasteiger partial charge is 0.326 e. The third-order valence-corrected chi connectivity index (χ3v) is 6.45. The third-order valence-electron chi connectivity index (χ3n) is 5.51. The highest BCUT2D eigenvalue weighted by Gasteiger charge is 2.38. The topological polar surface area (TPSA) is 91.3 Å². The van der Waals surface area contributed by atoms with Crippen molar-refractivity contribution in [2.75, 3.05) is 5.32 Å². The molecule has 4 rings (SSSR count). The Kier molecular flexibility index (Phi) is 6.61. The number of aliphatic carboxylic acids is 1. The van der Waals surface area contributed by atoms with E-state index in [9.17, 15) is 19.1 Å². The Morgan fingerprint density at radius 3 is 2.56 bits per heavy atom. The van der Waals surface area contributed by atoms with Crippen LogP contribution < -0.4 is 10.6 Å². The number of amides is 1. The van der Waals surface area contributed by atoms with Crippen LogP contribution in [-0.4, -0.2) is 33.5 Å². The van der Waals surface area contributed by atoms with Crippen molar-refractivity contribution in [2.24, 2.45) is 0 Å². The second kappa shape index (κ2) is 9.61. The van der Waals surface area contributed by atoms with Gasteiger partial charge >= 0.3 is 5.97 Å². The SMILES string of the molecule is C=C(C)C[C@H](NC(=O)C1(Nc2nc3ccc(F)cc3s2)C=CC(c2ccccc2)C=C1)C(=O)O. The summed E-state index contributed by atoms with van der Waals surface area (Å²) >= 11 is 1.21. The largest absolute Gasteiger partial charge is 0.480 e. The average Bonchev–Trinajstić information content (AvgIpc) is 3.20. The Labute approximate surface area is 200 Å². The number of carboxylic acids is 1. The summed E-state index contributed by atoms with van der Waals surface area (Å²) in [7, 11) is 0. The Morgan fingerprint density at radius 2 is 1.91 bits per heavy atom. The molecule has 174 valence electrons. The maximum Gasteiger partial charge on any atom is 0.326 e. The second-order valence-corrected chi connectivity index (χ2v) is 9.34. The van der Waals surface area contributed by atoms with Gasteiger partial charge in [-0.1, -0.05) is 59.4 Å². The van der Waals surface area contributed by atoms with Crippen LogP contribution in [0.4, 0.5) is 9.52 Å². The molecule has 0 saturated carbocycles. The number of rotatable bonds is 8. The summed E-state index contributed by atoms with van der Waals surface area (Å²) in [4.78, 5) is 29.7. The number of aromatic nitrogens is 1. The molecule has 2 aromatic carbocycles. The molecule has 1 amide bonds. The zero-order valence-corrected chi connectivity index (χ0v) is 19.3. The first kappa shape index (κ1) is 23.4. The van der Waals surface area contributed by atoms with Crippen LogP contribution in [-0.2, 0) is 9.59 Å². The number of hydrogen-bond donors (Lipinski definition) is 3. The molecular weight excluding hydrogens is 453 g/mol. The van der Waals surface area contributed by atoms with E-state index in [-0.39, 0.29) is 18.2 Å². The van der Waals surface area contributed by atoms with E-state index < -0.39 is 23.5 Å². The summed E-state index contributed by atoms with van der Waals surface area (Å²) in [5.74, 6) is -2.10. The van der Waals surface area contributed by atoms with E-state index in [2.05, 4.69) is 22.2 Å². The zero-order chi connectivity index (χ0) is 24.3. The molecule has 0 fully saturated rings. The molecule has 8 heteroatoms. The van der Waals surface area contributed by atoms with Gasteiger partial charge < -0.3 is 15.7 Å². The molecule has 0 bridgehead atoms. The Hall–Kier alpha value is -3.78. The first-order valence-corrected chi connectivity index (χ1v) is 11.5. The van der Waals surface area contributed by atoms with E-state index in [4.69, 9.17) is 0 Å². The Morgan fingerprint density at radius 1 is 1.21 bits per heavy atom. The van der Waals surface area contributed by atoms with Crippen molar-refractivity contribution >= 4 is 38.6 Å². The van der Waals surface area contributed by atoms with Gasteiger partial charge in [0.2, 0.25) is 0 Å². The number of carboxylic acid groups (broad SMARTS) is 1. The zero-order valence-electron chi connectivity index (χ0n) is 18.5. The molecule has 0 saturated heterocycles. The van der Waals surface area contributed by atoms with Crippen LogP contribution in [0.5, 0.6) is 0 Å². The number of carbonyl (C=O) groups is 2. The first-order valence-electron chi connectivity index (χ1n) is 10.7. The van der Waals surface area contributed by atoms with Gasteiger partial charge in [-0.05, 0) is 49.3 Å². The number of thiazole rings is 1. The van der Waals surface area contributed by atoms with Crippen molar-refractivity contribution < 1.29 is 19.1 Å². The van der Waals surface area contributed by atoms with E-state index in [1.807, 2.05) is 42.5 Å². The lowest BCUT2D eigenvalue weighted by molar-refractivity contribution is -0.142. The minimum Gasteiger partial charge on any atom is -0.480 e. The second-order valence-electron chi connectivity index (χ2n) is 8.31. The summed E-state index contributed by atoms with van der Waals surface area (Å²) < 4.78 is 14.3. The lowest BCUT2D eigenvalue weighted by Gasteiger charge is -2.32. The quantitative estimate of drug-likeness (QED) is 0.396. The first-order chi connectivity index (χ1) is 16.3. The monoisotopic (exact) mass is 477 g/mol. The van der Waals surface area contributed by atoms with Crippen molar-refractivity contribution in [3.63, 3.8) is 0 Å². The number of carbonyl (C=O) groups excluding carboxylic acids is 1. The Balaban J connectivity index is 1.67. The van der Waals surface area contributed by atoms with Crippen LogP contribution in [0.2, 0.25) is 0 Å². The highest BCUT2D eigenvalue weighted by molar-refractivity contribution is 7.22. The van der Waals surface area contributed by atoms with Crippen molar-refractivity contribution in [3.05, 3.63) is 96.4 Å². The van der Waals surface area contributed by atoms with E-state index in [1.165, 1.54) is 23.5 Å². The third kappa shape index (κ3) is 5.07. The fraction of sp³-hybridized carbons (Fsp3) is 0.192. The van der Waals surface area contributed by atoms with E-state index in [0.29, 0.717) is 20.9 Å². The molecule has 0 unspecified atom stereocenters. The van der Waals surface area contributed by atoms with Crippen molar-refractivity contribution in [2.45, 2.75) is 30.8 Å². The average molecular weight is 478 g/mol. The van der Waals surface area contributed by atoms with E-state index >= 15 is 0 Å². The van der Waals surface area contributed by atoms with Gasteiger partial charge in [0.15, 0.2) is 10.7 Å². The molecule has 0 aliphatic heterocycles. The van der Waals surface area contributed by atoms with Gasteiger partial charge in [-0.2, -0.15) is 0 Å². The highest BCUT2D eigenvalue weighted by atomic mass is 32.1. The van der Waals surface area contributed by atoms with E-state index in [0.717, 1.165) is 5.56 Å². The van der Waals surface area contributed by atoms with Crippen LogP contribution in [0.3, 0.4) is 0 Å². The molecule has 0 radical (unpaired) electrons. The highest BCUT2D eigenvalue weighted by Crippen LogP contribution is 2.33. The predicted molar refractivity (Wildman–Crippen MR) is 132 cm³/mol. The molecule has 3 aromatic rings. The standard InChI is InChI=1S/C26H24FN3O3S/c1-16(2)14-21(23(31)32)28-24(33)26(12-10-18(11-13-26)17-6-4-3-5-7-17)30-25-29-20-9-8-19(27)15-22(20)34-25/h3-13,15,18,21H,1,14H2,2H3,(H,28,33)(H,29,30)(H,31,32)/t18?,21-,26?/m0/s1. The number of hydrogen-bond acceptors (Lipinski definition) is 5. The van der Waals surface area contributed by atoms with Crippen molar-refractivity contribution in [3.8, 4) is 0 Å². The van der Waals surface area contributed by atoms with Crippen LogP contribution in [0.1, 0.15) is 24.8 Å². The van der Waals surface area contributed by atoms with Gasteiger partial charge in [0, 0.05) is 5.92 Å². The maximum absolute atomic E-state index is 13.6. The van der Waals surface area contributed by atoms with Crippen LogP contribution in [0.25, 0.3) is 10.2 Å². The lowest BCUT2D eigenvalue weighted by atomic mass is 9.85.